The molecule has 152 valence electrons. The quantitative estimate of drug-likeness (QED) is 0.670. The summed E-state index contributed by atoms with van der Waals surface area (Å²) >= 11 is 0. The van der Waals surface area contributed by atoms with Crippen molar-refractivity contribution in [2.24, 2.45) is 0 Å². The first-order valence-electron chi connectivity index (χ1n) is 10.1. The van der Waals surface area contributed by atoms with Crippen LogP contribution in [0.2, 0.25) is 0 Å². The zero-order valence-electron chi connectivity index (χ0n) is 17.5. The zero-order valence-corrected chi connectivity index (χ0v) is 17.5. The van der Waals surface area contributed by atoms with Crippen LogP contribution in [0.5, 0.6) is 23.0 Å². The fraction of sp³-hybridized carbons (Fsp3) is 0.360. The van der Waals surface area contributed by atoms with Crippen LogP contribution in [0.1, 0.15) is 56.1 Å². The molecule has 0 bridgehead atoms. The third-order valence-corrected chi connectivity index (χ3v) is 5.56. The Morgan fingerprint density at radius 3 is 2.41 bits per heavy atom. The van der Waals surface area contributed by atoms with Crippen LogP contribution in [-0.2, 0) is 19.3 Å². The number of hydrogen-bond acceptors (Lipinski definition) is 4. The van der Waals surface area contributed by atoms with E-state index in [2.05, 4.69) is 26.0 Å². The highest BCUT2D eigenvalue weighted by Gasteiger charge is 2.42. The van der Waals surface area contributed by atoms with Crippen molar-refractivity contribution in [3.05, 3.63) is 69.8 Å². The van der Waals surface area contributed by atoms with Crippen molar-refractivity contribution in [2.75, 3.05) is 0 Å². The lowest BCUT2D eigenvalue weighted by Gasteiger charge is -2.28. The van der Waals surface area contributed by atoms with Gasteiger partial charge in [-0.25, -0.2) is 0 Å². The van der Waals surface area contributed by atoms with Crippen LogP contribution < -0.4 is 9.47 Å². The Morgan fingerprint density at radius 1 is 0.966 bits per heavy atom. The summed E-state index contributed by atoms with van der Waals surface area (Å²) in [6, 6.07) is 7.35. The van der Waals surface area contributed by atoms with Crippen LogP contribution in [-0.4, -0.2) is 16.3 Å². The molecule has 0 spiro atoms. The molecule has 2 unspecified atom stereocenters. The van der Waals surface area contributed by atoms with Gasteiger partial charge in [0.05, 0.1) is 0 Å². The van der Waals surface area contributed by atoms with Crippen molar-refractivity contribution in [1.29, 1.82) is 0 Å². The molecule has 0 amide bonds. The monoisotopic (exact) mass is 392 g/mol. The van der Waals surface area contributed by atoms with Crippen LogP contribution in [0.15, 0.2) is 47.6 Å². The predicted octanol–water partition coefficient (Wildman–Crippen LogP) is 5.55. The molecule has 0 fully saturated rings. The summed E-state index contributed by atoms with van der Waals surface area (Å²) in [4.78, 5) is 0. The Kier molecular flexibility index (Phi) is 5.03. The second-order valence-corrected chi connectivity index (χ2v) is 8.44. The molecule has 0 aliphatic carbocycles. The van der Waals surface area contributed by atoms with Crippen LogP contribution in [0.25, 0.3) is 0 Å². The van der Waals surface area contributed by atoms with Crippen molar-refractivity contribution in [3.63, 3.8) is 0 Å². The first kappa shape index (κ1) is 19.4. The number of phenols is 2. The molecule has 0 aromatic heterocycles. The Balaban J connectivity index is 1.66. The second-order valence-electron chi connectivity index (χ2n) is 8.44. The van der Waals surface area contributed by atoms with E-state index in [-0.39, 0.29) is 23.7 Å². The van der Waals surface area contributed by atoms with Crippen molar-refractivity contribution in [1.82, 2.24) is 0 Å². The van der Waals surface area contributed by atoms with Gasteiger partial charge in [0.25, 0.3) is 0 Å². The molecule has 2 heterocycles. The smallest absolute Gasteiger partial charge is 0.164 e. The predicted molar refractivity (Wildman–Crippen MR) is 114 cm³/mol. The van der Waals surface area contributed by atoms with Gasteiger partial charge in [-0.05, 0) is 69.9 Å². The van der Waals surface area contributed by atoms with E-state index in [1.807, 2.05) is 26.0 Å². The van der Waals surface area contributed by atoms with Gasteiger partial charge in [-0.1, -0.05) is 23.3 Å². The van der Waals surface area contributed by atoms with E-state index in [4.69, 9.17) is 9.47 Å². The molecule has 0 radical (unpaired) electrons. The van der Waals surface area contributed by atoms with Crippen molar-refractivity contribution in [3.8, 4) is 23.0 Å². The fourth-order valence-electron chi connectivity index (χ4n) is 3.97. The van der Waals surface area contributed by atoms with Gasteiger partial charge in [0, 0.05) is 23.6 Å². The van der Waals surface area contributed by atoms with E-state index in [0.717, 1.165) is 28.0 Å². The lowest BCUT2D eigenvalue weighted by molar-refractivity contribution is 0.0687. The number of benzene rings is 2. The number of hydrogen-bond donors (Lipinski definition) is 2. The molecule has 2 aromatic rings. The number of aromatic hydroxyl groups is 2. The van der Waals surface area contributed by atoms with Gasteiger partial charge in [0.2, 0.25) is 0 Å². The minimum Gasteiger partial charge on any atom is -0.508 e. The summed E-state index contributed by atoms with van der Waals surface area (Å²) < 4.78 is 12.6. The van der Waals surface area contributed by atoms with Gasteiger partial charge < -0.3 is 19.7 Å². The van der Waals surface area contributed by atoms with E-state index >= 15 is 0 Å². The van der Waals surface area contributed by atoms with Crippen molar-refractivity contribution in [2.45, 2.75) is 59.2 Å². The summed E-state index contributed by atoms with van der Waals surface area (Å²) in [7, 11) is 0. The maximum absolute atomic E-state index is 10.4. The third-order valence-electron chi connectivity index (χ3n) is 5.56. The number of rotatable bonds is 4. The largest absolute Gasteiger partial charge is 0.508 e. The molecule has 4 rings (SSSR count). The lowest BCUT2D eigenvalue weighted by atomic mass is 9.93. The molecular formula is C25H28O4. The number of phenolic OH excluding ortho intramolecular Hbond substituents is 2. The second kappa shape index (κ2) is 7.51. The summed E-state index contributed by atoms with van der Waals surface area (Å²) in [5.74, 6) is 1.95. The highest BCUT2D eigenvalue weighted by atomic mass is 16.6. The Bertz CT molecular complexity index is 1010. The van der Waals surface area contributed by atoms with Crippen LogP contribution in [0, 0.1) is 0 Å². The number of ether oxygens (including phenoxy) is 2. The Morgan fingerprint density at radius 2 is 1.69 bits per heavy atom. The topological polar surface area (TPSA) is 58.9 Å². The molecule has 2 aliphatic heterocycles. The molecule has 29 heavy (non-hydrogen) atoms. The number of allylic oxidation sites excluding steroid dienone is 4. The van der Waals surface area contributed by atoms with Gasteiger partial charge in [0.1, 0.15) is 29.1 Å². The maximum atomic E-state index is 10.4. The molecule has 2 N–H and O–H groups in total. The average Bonchev–Trinajstić information content (AvgIpc) is 3.01. The van der Waals surface area contributed by atoms with Crippen LogP contribution >= 0.6 is 0 Å². The van der Waals surface area contributed by atoms with Crippen LogP contribution in [0.3, 0.4) is 0 Å². The van der Waals surface area contributed by atoms with Crippen molar-refractivity contribution < 1.29 is 19.7 Å². The van der Waals surface area contributed by atoms with Crippen molar-refractivity contribution >= 4 is 0 Å². The standard InChI is InChI=1S/C25H28O4/c1-14(2)5-7-16-11-17-12-23-25(28-22(17)13-21(16)27)19-9-10-20(26)18(24(19)29-23)8-6-15(3)4/h5-6,9-11,13,23,25-27H,7-8,12H2,1-4H3. The maximum Gasteiger partial charge on any atom is 0.164 e. The van der Waals surface area contributed by atoms with E-state index < -0.39 is 0 Å². The molecular weight excluding hydrogens is 364 g/mol. The average molecular weight is 392 g/mol. The SMILES string of the molecule is CC(C)=CCc1cc2c(cc1O)OC1c3ccc(O)c(CC=C(C)C)c3OC1C2. The molecule has 0 saturated heterocycles. The summed E-state index contributed by atoms with van der Waals surface area (Å²) in [5, 5.41) is 20.8. The first-order chi connectivity index (χ1) is 13.8. The normalized spacial score (nSPS) is 18.6. The minimum atomic E-state index is -0.230. The molecule has 0 saturated carbocycles. The van der Waals surface area contributed by atoms with Gasteiger partial charge >= 0.3 is 0 Å². The van der Waals surface area contributed by atoms with E-state index in [9.17, 15) is 10.2 Å². The summed E-state index contributed by atoms with van der Waals surface area (Å²) in [6.07, 6.45) is 5.85. The third kappa shape index (κ3) is 3.71. The Hall–Kier alpha value is -2.88. The van der Waals surface area contributed by atoms with Gasteiger partial charge in [-0.3, -0.25) is 0 Å². The van der Waals surface area contributed by atoms with Gasteiger partial charge in [-0.15, -0.1) is 0 Å². The molecule has 2 atom stereocenters. The van der Waals surface area contributed by atoms with Crippen LogP contribution in [0.4, 0.5) is 0 Å². The van der Waals surface area contributed by atoms with E-state index in [1.54, 1.807) is 12.1 Å². The highest BCUT2D eigenvalue weighted by Crippen LogP contribution is 2.49. The van der Waals surface area contributed by atoms with E-state index in [1.165, 1.54) is 11.1 Å². The lowest BCUT2D eigenvalue weighted by Crippen LogP contribution is -2.30. The Labute approximate surface area is 172 Å². The fourth-order valence-corrected chi connectivity index (χ4v) is 3.97. The number of fused-ring (bicyclic) bond motifs is 4. The molecule has 2 aromatic carbocycles. The molecule has 4 heteroatoms. The highest BCUT2D eigenvalue weighted by molar-refractivity contribution is 5.56. The summed E-state index contributed by atoms with van der Waals surface area (Å²) in [6.45, 7) is 8.18. The van der Waals surface area contributed by atoms with Gasteiger partial charge in [-0.2, -0.15) is 0 Å². The molecule has 4 nitrogen and oxygen atoms in total. The first-order valence-corrected chi connectivity index (χ1v) is 10.1. The van der Waals surface area contributed by atoms with Gasteiger partial charge in [0.15, 0.2) is 6.10 Å². The minimum absolute atomic E-state index is 0.134. The molecule has 2 aliphatic rings. The van der Waals surface area contributed by atoms with E-state index in [0.29, 0.717) is 25.0 Å². The zero-order chi connectivity index (χ0) is 20.7. The summed E-state index contributed by atoms with van der Waals surface area (Å²) in [5.41, 5.74) is 6.12.